The van der Waals surface area contributed by atoms with Crippen LogP contribution in [0.5, 0.6) is 0 Å². The molecule has 2 fully saturated rings. The second kappa shape index (κ2) is 6.23. The highest BCUT2D eigenvalue weighted by atomic mass is 15.5. The molecule has 1 atom stereocenters. The van der Waals surface area contributed by atoms with Gasteiger partial charge >= 0.3 is 0 Å². The lowest BCUT2D eigenvalue weighted by Crippen LogP contribution is -2.57. The summed E-state index contributed by atoms with van der Waals surface area (Å²) in [4.78, 5) is 2.80. The highest BCUT2D eigenvalue weighted by Gasteiger charge is 2.44. The first-order valence-electron chi connectivity index (χ1n) is 9.43. The molecule has 1 saturated heterocycles. The zero-order valence-electron chi connectivity index (χ0n) is 14.2. The molecule has 2 aromatic rings. The molecule has 124 valence electrons. The second-order valence-corrected chi connectivity index (χ2v) is 7.28. The fraction of sp³-hybridized carbons (Fsp3) is 0.684. The third kappa shape index (κ3) is 2.47. The Morgan fingerprint density at radius 2 is 1.91 bits per heavy atom. The van der Waals surface area contributed by atoms with E-state index in [0.29, 0.717) is 6.04 Å². The lowest BCUT2D eigenvalue weighted by molar-refractivity contribution is -0.0707. The van der Waals surface area contributed by atoms with Gasteiger partial charge < -0.3 is 0 Å². The van der Waals surface area contributed by atoms with Crippen LogP contribution in [0.1, 0.15) is 64.7 Å². The molecule has 1 aromatic carbocycles. The summed E-state index contributed by atoms with van der Waals surface area (Å²) in [5.74, 6) is 0. The number of hydrogen-bond donors (Lipinski definition) is 0. The molecule has 4 heteroatoms. The van der Waals surface area contributed by atoms with E-state index in [-0.39, 0.29) is 5.66 Å². The smallest absolute Gasteiger partial charge is 0.117 e. The third-order valence-electron chi connectivity index (χ3n) is 6.03. The maximum absolute atomic E-state index is 4.66. The number of rotatable bonds is 3. The van der Waals surface area contributed by atoms with Gasteiger partial charge in [-0.15, -0.1) is 5.10 Å². The minimum absolute atomic E-state index is 0.0510. The van der Waals surface area contributed by atoms with Crippen molar-refractivity contribution in [1.29, 1.82) is 0 Å². The van der Waals surface area contributed by atoms with Crippen molar-refractivity contribution in [3.63, 3.8) is 0 Å². The molecule has 1 aliphatic heterocycles. The summed E-state index contributed by atoms with van der Waals surface area (Å²) >= 11 is 0. The zero-order valence-corrected chi connectivity index (χ0v) is 14.2. The Labute approximate surface area is 138 Å². The minimum atomic E-state index is 0.0510. The minimum Gasteiger partial charge on any atom is -0.276 e. The number of fused-ring (bicyclic) bond motifs is 1. The second-order valence-electron chi connectivity index (χ2n) is 7.28. The summed E-state index contributed by atoms with van der Waals surface area (Å²) < 4.78 is 2.29. The lowest BCUT2D eigenvalue weighted by Gasteiger charge is -2.51. The first-order valence-corrected chi connectivity index (χ1v) is 9.43. The van der Waals surface area contributed by atoms with Gasteiger partial charge in [0.2, 0.25) is 0 Å². The topological polar surface area (TPSA) is 34.0 Å². The Hall–Kier alpha value is -1.42. The Morgan fingerprint density at radius 1 is 1.09 bits per heavy atom. The van der Waals surface area contributed by atoms with Crippen molar-refractivity contribution in [3.05, 3.63) is 24.3 Å². The summed E-state index contributed by atoms with van der Waals surface area (Å²) in [5, 5.41) is 9.13. The predicted molar refractivity (Wildman–Crippen MR) is 93.2 cm³/mol. The average molecular weight is 312 g/mol. The van der Waals surface area contributed by atoms with E-state index in [1.54, 1.807) is 0 Å². The van der Waals surface area contributed by atoms with Gasteiger partial charge in [-0.3, -0.25) is 4.90 Å². The zero-order chi connectivity index (χ0) is 15.7. The molecule has 23 heavy (non-hydrogen) atoms. The van der Waals surface area contributed by atoms with Gasteiger partial charge in [0.15, 0.2) is 0 Å². The molecule has 0 amide bonds. The number of likely N-dealkylation sites (tertiary alicyclic amines) is 1. The molecule has 0 radical (unpaired) electrons. The van der Waals surface area contributed by atoms with Crippen molar-refractivity contribution in [2.75, 3.05) is 6.54 Å². The number of para-hydroxylation sites is 1. The van der Waals surface area contributed by atoms with Crippen LogP contribution in [0.3, 0.4) is 0 Å². The van der Waals surface area contributed by atoms with E-state index in [0.717, 1.165) is 5.52 Å². The molecule has 4 nitrogen and oxygen atoms in total. The van der Waals surface area contributed by atoms with E-state index >= 15 is 0 Å². The number of benzene rings is 1. The van der Waals surface area contributed by atoms with Crippen LogP contribution in [0, 0.1) is 0 Å². The average Bonchev–Trinajstić information content (AvgIpc) is 3.07. The van der Waals surface area contributed by atoms with Gasteiger partial charge in [0.25, 0.3) is 0 Å². The molecule has 0 spiro atoms. The summed E-state index contributed by atoms with van der Waals surface area (Å²) in [5.41, 5.74) is 2.28. The molecule has 0 N–H and O–H groups in total. The van der Waals surface area contributed by atoms with Crippen LogP contribution in [0.4, 0.5) is 0 Å². The van der Waals surface area contributed by atoms with Crippen molar-refractivity contribution < 1.29 is 0 Å². The van der Waals surface area contributed by atoms with Gasteiger partial charge in [-0.2, -0.15) is 0 Å². The van der Waals surface area contributed by atoms with E-state index in [9.17, 15) is 0 Å². The van der Waals surface area contributed by atoms with Gasteiger partial charge in [0.1, 0.15) is 11.2 Å². The first-order chi connectivity index (χ1) is 11.3. The highest BCUT2D eigenvalue weighted by molar-refractivity contribution is 5.74. The molecule has 1 saturated carbocycles. The Bertz CT molecular complexity index is 656. The van der Waals surface area contributed by atoms with Crippen LogP contribution >= 0.6 is 0 Å². The van der Waals surface area contributed by atoms with Gasteiger partial charge in [-0.25, -0.2) is 4.68 Å². The standard InChI is InChI=1S/C19H28N4/c1-2-16-10-6-9-15-22(16)19(13-7-3-8-14-19)23-18-12-5-4-11-17(18)20-21-23/h4-5,11-12,16H,2-3,6-10,13-15H2,1H3. The number of hydrogen-bond acceptors (Lipinski definition) is 3. The van der Waals surface area contributed by atoms with Crippen molar-refractivity contribution >= 4 is 11.0 Å². The van der Waals surface area contributed by atoms with Crippen LogP contribution in [-0.4, -0.2) is 32.5 Å². The molecular weight excluding hydrogens is 284 g/mol. The van der Waals surface area contributed by atoms with E-state index in [4.69, 9.17) is 0 Å². The Balaban J connectivity index is 1.82. The van der Waals surface area contributed by atoms with Crippen LogP contribution in [0.2, 0.25) is 0 Å². The molecule has 2 heterocycles. The highest BCUT2D eigenvalue weighted by Crippen LogP contribution is 2.42. The molecule has 0 bridgehead atoms. The summed E-state index contributed by atoms with van der Waals surface area (Å²) in [6.45, 7) is 3.56. The van der Waals surface area contributed by atoms with E-state index in [2.05, 4.69) is 51.1 Å². The van der Waals surface area contributed by atoms with Gasteiger partial charge in [-0.05, 0) is 57.1 Å². The Morgan fingerprint density at radius 3 is 2.74 bits per heavy atom. The fourth-order valence-electron chi connectivity index (χ4n) is 4.89. The van der Waals surface area contributed by atoms with E-state index < -0.39 is 0 Å². The molecule has 1 aliphatic carbocycles. The molecule has 1 aromatic heterocycles. The number of piperidine rings is 1. The van der Waals surface area contributed by atoms with Gasteiger partial charge in [-0.1, -0.05) is 37.1 Å². The van der Waals surface area contributed by atoms with E-state index in [1.165, 1.54) is 69.8 Å². The molecule has 2 aliphatic rings. The maximum Gasteiger partial charge on any atom is 0.117 e. The monoisotopic (exact) mass is 312 g/mol. The third-order valence-corrected chi connectivity index (χ3v) is 6.03. The molecular formula is C19H28N4. The fourth-order valence-corrected chi connectivity index (χ4v) is 4.89. The van der Waals surface area contributed by atoms with Crippen LogP contribution < -0.4 is 0 Å². The largest absolute Gasteiger partial charge is 0.276 e. The van der Waals surface area contributed by atoms with Gasteiger partial charge in [0.05, 0.1) is 5.52 Å². The number of aromatic nitrogens is 3. The van der Waals surface area contributed by atoms with Crippen molar-refractivity contribution in [1.82, 2.24) is 19.9 Å². The van der Waals surface area contributed by atoms with Gasteiger partial charge in [0, 0.05) is 12.6 Å². The predicted octanol–water partition coefficient (Wildman–Crippen LogP) is 4.31. The van der Waals surface area contributed by atoms with E-state index in [1.807, 2.05) is 0 Å². The molecule has 4 rings (SSSR count). The maximum atomic E-state index is 4.66. The van der Waals surface area contributed by atoms with Crippen molar-refractivity contribution in [3.8, 4) is 0 Å². The number of nitrogens with zero attached hydrogens (tertiary/aromatic N) is 4. The summed E-state index contributed by atoms with van der Waals surface area (Å²) in [6.07, 6.45) is 11.7. The van der Waals surface area contributed by atoms with Crippen LogP contribution in [-0.2, 0) is 5.66 Å². The SMILES string of the molecule is CCC1CCCCN1C1(n2nnc3ccccc32)CCCCC1. The van der Waals surface area contributed by atoms with Crippen molar-refractivity contribution in [2.24, 2.45) is 0 Å². The van der Waals surface area contributed by atoms with Crippen LogP contribution in [0.15, 0.2) is 24.3 Å². The quantitative estimate of drug-likeness (QED) is 0.846. The van der Waals surface area contributed by atoms with Crippen LogP contribution in [0.25, 0.3) is 11.0 Å². The Kier molecular flexibility index (Phi) is 4.10. The summed E-state index contributed by atoms with van der Waals surface area (Å²) in [6, 6.07) is 9.15. The molecule has 1 unspecified atom stereocenters. The summed E-state index contributed by atoms with van der Waals surface area (Å²) in [7, 11) is 0. The van der Waals surface area contributed by atoms with Crippen molar-refractivity contribution in [2.45, 2.75) is 76.4 Å². The first kappa shape index (κ1) is 15.1. The normalized spacial score (nSPS) is 25.7. The lowest BCUT2D eigenvalue weighted by atomic mass is 9.84.